The maximum atomic E-state index is 11.1. The highest BCUT2D eigenvalue weighted by atomic mass is 32.1. The number of carbonyl (C=O) groups excluding carboxylic acids is 1. The molecule has 0 spiro atoms. The molecule has 0 aliphatic heterocycles. The van der Waals surface area contributed by atoms with Gasteiger partial charge in [0.15, 0.2) is 5.78 Å². The van der Waals surface area contributed by atoms with Crippen LogP contribution in [0.2, 0.25) is 0 Å². The van der Waals surface area contributed by atoms with Gasteiger partial charge in [0.05, 0.1) is 6.10 Å². The fourth-order valence-corrected chi connectivity index (χ4v) is 1.59. The molecule has 0 fully saturated rings. The van der Waals surface area contributed by atoms with Crippen LogP contribution in [-0.2, 0) is 0 Å². The molecule has 4 nitrogen and oxygen atoms in total. The van der Waals surface area contributed by atoms with Gasteiger partial charge in [-0.1, -0.05) is 0 Å². The van der Waals surface area contributed by atoms with Crippen molar-refractivity contribution in [2.45, 2.75) is 25.6 Å². The SMILES string of the molecule is CC(=O)c1cncc(C(O)C(O)CCS)c1. The third kappa shape index (κ3) is 3.30. The molecule has 1 rings (SSSR count). The molecule has 16 heavy (non-hydrogen) atoms. The summed E-state index contributed by atoms with van der Waals surface area (Å²) in [5.74, 6) is 0.364. The van der Waals surface area contributed by atoms with Crippen molar-refractivity contribution in [1.29, 1.82) is 0 Å². The zero-order valence-corrected chi connectivity index (χ0v) is 9.89. The minimum absolute atomic E-state index is 0.120. The molecule has 1 aromatic heterocycles. The van der Waals surface area contributed by atoms with Crippen molar-refractivity contribution < 1.29 is 15.0 Å². The zero-order chi connectivity index (χ0) is 12.1. The second-order valence-corrected chi connectivity index (χ2v) is 4.03. The predicted octanol–water partition coefficient (Wildman–Crippen LogP) is 0.998. The Bertz CT molecular complexity index is 370. The number of rotatable bonds is 5. The fraction of sp³-hybridized carbons (Fsp3) is 0.455. The van der Waals surface area contributed by atoms with Crippen molar-refractivity contribution >= 4 is 18.4 Å². The van der Waals surface area contributed by atoms with Gasteiger partial charge in [0.1, 0.15) is 6.10 Å². The van der Waals surface area contributed by atoms with Gasteiger partial charge in [-0.3, -0.25) is 9.78 Å². The second kappa shape index (κ2) is 5.98. The Morgan fingerprint density at radius 2 is 2.19 bits per heavy atom. The van der Waals surface area contributed by atoms with Gasteiger partial charge in [0.25, 0.3) is 0 Å². The summed E-state index contributed by atoms with van der Waals surface area (Å²) in [6.07, 6.45) is 1.34. The standard InChI is InChI=1S/C11H15NO3S/c1-7(13)8-4-9(6-12-5-8)11(15)10(14)2-3-16/h4-6,10-11,14-16H,2-3H2,1H3. The first-order chi connectivity index (χ1) is 7.56. The Balaban J connectivity index is 2.86. The average molecular weight is 241 g/mol. The molecular formula is C11H15NO3S. The highest BCUT2D eigenvalue weighted by Crippen LogP contribution is 2.19. The number of carbonyl (C=O) groups is 1. The Morgan fingerprint density at radius 3 is 2.75 bits per heavy atom. The summed E-state index contributed by atoms with van der Waals surface area (Å²) in [7, 11) is 0. The smallest absolute Gasteiger partial charge is 0.161 e. The summed E-state index contributed by atoms with van der Waals surface area (Å²) in [4.78, 5) is 15.0. The van der Waals surface area contributed by atoms with E-state index in [2.05, 4.69) is 17.6 Å². The largest absolute Gasteiger partial charge is 0.390 e. The van der Waals surface area contributed by atoms with E-state index in [1.165, 1.54) is 19.3 Å². The lowest BCUT2D eigenvalue weighted by Crippen LogP contribution is -2.19. The van der Waals surface area contributed by atoms with Gasteiger partial charge < -0.3 is 10.2 Å². The number of Topliss-reactive ketones (excluding diaryl/α,β-unsaturated/α-hetero) is 1. The molecule has 1 aromatic rings. The van der Waals surface area contributed by atoms with Gasteiger partial charge >= 0.3 is 0 Å². The van der Waals surface area contributed by atoms with Gasteiger partial charge in [0, 0.05) is 23.5 Å². The van der Waals surface area contributed by atoms with E-state index in [0.717, 1.165) is 0 Å². The van der Waals surface area contributed by atoms with Crippen LogP contribution in [-0.4, -0.2) is 32.8 Å². The van der Waals surface area contributed by atoms with Crippen molar-refractivity contribution in [3.05, 3.63) is 29.6 Å². The molecular weight excluding hydrogens is 226 g/mol. The summed E-state index contributed by atoms with van der Waals surface area (Å²) >= 11 is 3.98. The number of hydrogen-bond acceptors (Lipinski definition) is 5. The molecule has 0 aliphatic carbocycles. The third-order valence-corrected chi connectivity index (χ3v) is 2.55. The minimum Gasteiger partial charge on any atom is -0.390 e. The van der Waals surface area contributed by atoms with Crippen molar-refractivity contribution in [1.82, 2.24) is 4.98 Å². The molecule has 0 aliphatic rings. The van der Waals surface area contributed by atoms with Crippen molar-refractivity contribution in [2.75, 3.05) is 5.75 Å². The lowest BCUT2D eigenvalue weighted by molar-refractivity contribution is 0.0170. The molecule has 2 unspecified atom stereocenters. The molecule has 0 saturated heterocycles. The first kappa shape index (κ1) is 13.2. The third-order valence-electron chi connectivity index (χ3n) is 2.30. The van der Waals surface area contributed by atoms with Crippen LogP contribution in [0.3, 0.4) is 0 Å². The predicted molar refractivity (Wildman–Crippen MR) is 63.7 cm³/mol. The van der Waals surface area contributed by atoms with E-state index in [1.807, 2.05) is 0 Å². The van der Waals surface area contributed by atoms with Crippen molar-refractivity contribution in [3.63, 3.8) is 0 Å². The monoisotopic (exact) mass is 241 g/mol. The van der Waals surface area contributed by atoms with Gasteiger partial charge in [-0.05, 0) is 25.2 Å². The Hall–Kier alpha value is -0.910. The summed E-state index contributed by atoms with van der Waals surface area (Å²) < 4.78 is 0. The fourth-order valence-electron chi connectivity index (χ4n) is 1.32. The number of aliphatic hydroxyl groups is 2. The number of aliphatic hydroxyl groups excluding tert-OH is 2. The van der Waals surface area contributed by atoms with Crippen LogP contribution in [0, 0.1) is 0 Å². The summed E-state index contributed by atoms with van der Waals surface area (Å²) in [6, 6.07) is 1.54. The van der Waals surface area contributed by atoms with E-state index in [1.54, 1.807) is 6.07 Å². The molecule has 0 amide bonds. The maximum Gasteiger partial charge on any atom is 0.161 e. The Morgan fingerprint density at radius 1 is 1.50 bits per heavy atom. The molecule has 1 heterocycles. The van der Waals surface area contributed by atoms with E-state index in [-0.39, 0.29) is 5.78 Å². The number of aromatic nitrogens is 1. The van der Waals surface area contributed by atoms with Crippen molar-refractivity contribution in [3.8, 4) is 0 Å². The van der Waals surface area contributed by atoms with Crippen molar-refractivity contribution in [2.24, 2.45) is 0 Å². The first-order valence-electron chi connectivity index (χ1n) is 4.99. The molecule has 0 aromatic carbocycles. The summed E-state index contributed by atoms with van der Waals surface area (Å²) in [6.45, 7) is 1.43. The quantitative estimate of drug-likeness (QED) is 0.531. The lowest BCUT2D eigenvalue weighted by Gasteiger charge is -2.17. The topological polar surface area (TPSA) is 70.4 Å². The van der Waals surface area contributed by atoms with E-state index in [9.17, 15) is 15.0 Å². The molecule has 2 atom stereocenters. The molecule has 0 saturated carbocycles. The molecule has 2 N–H and O–H groups in total. The highest BCUT2D eigenvalue weighted by Gasteiger charge is 2.18. The first-order valence-corrected chi connectivity index (χ1v) is 5.62. The number of thiol groups is 1. The van der Waals surface area contributed by atoms with Crippen LogP contribution in [0.4, 0.5) is 0 Å². The Kier molecular flexibility index (Phi) is 4.92. The van der Waals surface area contributed by atoms with Crippen LogP contribution < -0.4 is 0 Å². The van der Waals surface area contributed by atoms with Crippen LogP contribution in [0.1, 0.15) is 35.4 Å². The maximum absolute atomic E-state index is 11.1. The number of ketones is 1. The number of nitrogens with zero attached hydrogens (tertiary/aromatic N) is 1. The summed E-state index contributed by atoms with van der Waals surface area (Å²) in [5.41, 5.74) is 0.872. The van der Waals surface area contributed by atoms with Crippen LogP contribution in [0.25, 0.3) is 0 Å². The molecule has 5 heteroatoms. The summed E-state index contributed by atoms with van der Waals surface area (Å²) in [5, 5.41) is 19.4. The normalized spacial score (nSPS) is 14.5. The number of pyridine rings is 1. The molecule has 0 bridgehead atoms. The Labute approximate surface area is 99.7 Å². The van der Waals surface area contributed by atoms with Crippen LogP contribution in [0.15, 0.2) is 18.5 Å². The van der Waals surface area contributed by atoms with Crippen LogP contribution >= 0.6 is 12.6 Å². The molecule has 88 valence electrons. The second-order valence-electron chi connectivity index (χ2n) is 3.59. The minimum atomic E-state index is -1.03. The lowest BCUT2D eigenvalue weighted by atomic mass is 10.0. The highest BCUT2D eigenvalue weighted by molar-refractivity contribution is 7.80. The van der Waals surface area contributed by atoms with Gasteiger partial charge in [0.2, 0.25) is 0 Å². The van der Waals surface area contributed by atoms with Gasteiger partial charge in [-0.15, -0.1) is 0 Å². The van der Waals surface area contributed by atoms with Gasteiger partial charge in [-0.25, -0.2) is 0 Å². The molecule has 0 radical (unpaired) electrons. The average Bonchev–Trinajstić information content (AvgIpc) is 2.28. The van der Waals surface area contributed by atoms with Crippen LogP contribution in [0.5, 0.6) is 0 Å². The van der Waals surface area contributed by atoms with E-state index < -0.39 is 12.2 Å². The van der Waals surface area contributed by atoms with E-state index in [0.29, 0.717) is 23.3 Å². The number of hydrogen-bond donors (Lipinski definition) is 3. The van der Waals surface area contributed by atoms with E-state index >= 15 is 0 Å². The van der Waals surface area contributed by atoms with E-state index in [4.69, 9.17) is 0 Å². The zero-order valence-electron chi connectivity index (χ0n) is 9.00. The van der Waals surface area contributed by atoms with Gasteiger partial charge in [-0.2, -0.15) is 12.6 Å².